The fourth-order valence-electron chi connectivity index (χ4n) is 2.54. The monoisotopic (exact) mass is 341 g/mol. The Kier molecular flexibility index (Phi) is 4.76. The first-order chi connectivity index (χ1) is 10.7. The van der Waals surface area contributed by atoms with Crippen LogP contribution in [0.3, 0.4) is 0 Å². The summed E-state index contributed by atoms with van der Waals surface area (Å²) in [5, 5.41) is 9.20. The molecule has 1 aromatic carbocycles. The van der Waals surface area contributed by atoms with E-state index in [-0.39, 0.29) is 30.8 Å². The van der Waals surface area contributed by atoms with Crippen molar-refractivity contribution in [3.8, 4) is 0 Å². The molecule has 0 radical (unpaired) electrons. The van der Waals surface area contributed by atoms with Crippen molar-refractivity contribution in [3.05, 3.63) is 35.4 Å². The quantitative estimate of drug-likeness (QED) is 0.805. The van der Waals surface area contributed by atoms with Crippen LogP contribution in [0.4, 0.5) is 0 Å². The molecule has 2 rings (SSSR count). The Hall–Kier alpha value is -1.93. The van der Waals surface area contributed by atoms with Crippen LogP contribution >= 0.6 is 0 Å². The third-order valence-corrected chi connectivity index (χ3v) is 5.84. The molecule has 1 aliphatic heterocycles. The predicted molar refractivity (Wildman–Crippen MR) is 82.3 cm³/mol. The maximum Gasteiger partial charge on any atom is 0.337 e. The molecule has 23 heavy (non-hydrogen) atoms. The first-order valence-electron chi connectivity index (χ1n) is 7.06. The van der Waals surface area contributed by atoms with Gasteiger partial charge in [0.2, 0.25) is 10.0 Å². The summed E-state index contributed by atoms with van der Waals surface area (Å²) in [6, 6.07) is 6.20. The number of rotatable bonds is 5. The molecular weight excluding hydrogens is 322 g/mol. The summed E-state index contributed by atoms with van der Waals surface area (Å²) in [6.07, 6.45) is 0.282. The third-order valence-electron chi connectivity index (χ3n) is 4.05. The van der Waals surface area contributed by atoms with Gasteiger partial charge in [-0.2, -0.15) is 0 Å². The van der Waals surface area contributed by atoms with Crippen molar-refractivity contribution < 1.29 is 27.9 Å². The number of esters is 1. The lowest BCUT2D eigenvalue weighted by atomic mass is 9.90. The number of methoxy groups -OCH3 is 1. The van der Waals surface area contributed by atoms with Gasteiger partial charge in [0.1, 0.15) is 0 Å². The van der Waals surface area contributed by atoms with Crippen molar-refractivity contribution in [2.75, 3.05) is 20.2 Å². The molecule has 126 valence electrons. The van der Waals surface area contributed by atoms with Crippen molar-refractivity contribution in [2.45, 2.75) is 19.1 Å². The second-order valence-corrected chi connectivity index (χ2v) is 7.87. The molecule has 1 atom stereocenters. The van der Waals surface area contributed by atoms with Crippen molar-refractivity contribution >= 4 is 22.0 Å². The van der Waals surface area contributed by atoms with Crippen LogP contribution in [0.1, 0.15) is 29.3 Å². The zero-order valence-corrected chi connectivity index (χ0v) is 13.8. The molecule has 1 unspecified atom stereocenters. The average Bonchev–Trinajstić information content (AvgIpc) is 2.91. The molecule has 0 aliphatic carbocycles. The Balaban J connectivity index is 2.17. The largest absolute Gasteiger partial charge is 0.481 e. The van der Waals surface area contributed by atoms with Gasteiger partial charge in [-0.05, 0) is 31.0 Å². The topological polar surface area (TPSA) is 101 Å². The lowest BCUT2D eigenvalue weighted by Crippen LogP contribution is -2.35. The van der Waals surface area contributed by atoms with Crippen LogP contribution in [0.25, 0.3) is 0 Å². The summed E-state index contributed by atoms with van der Waals surface area (Å²) in [5.74, 6) is -1.82. The van der Waals surface area contributed by atoms with E-state index < -0.39 is 27.4 Å². The summed E-state index contributed by atoms with van der Waals surface area (Å²) in [5.41, 5.74) is -0.324. The van der Waals surface area contributed by atoms with Crippen molar-refractivity contribution in [1.82, 2.24) is 4.31 Å². The minimum atomic E-state index is -3.65. The van der Waals surface area contributed by atoms with Gasteiger partial charge in [-0.15, -0.1) is 0 Å². The number of aliphatic carboxylic acids is 1. The van der Waals surface area contributed by atoms with Gasteiger partial charge in [0, 0.05) is 13.1 Å². The van der Waals surface area contributed by atoms with Crippen LogP contribution in [0.15, 0.2) is 24.3 Å². The minimum Gasteiger partial charge on any atom is -0.481 e. The molecule has 1 aromatic rings. The summed E-state index contributed by atoms with van der Waals surface area (Å²) < 4.78 is 30.8. The van der Waals surface area contributed by atoms with E-state index in [4.69, 9.17) is 0 Å². The molecular formula is C15H19NO6S. The summed E-state index contributed by atoms with van der Waals surface area (Å²) >= 11 is 0. The molecule has 0 aromatic heterocycles. The lowest BCUT2D eigenvalue weighted by Gasteiger charge is -2.20. The second-order valence-electron chi connectivity index (χ2n) is 5.90. The number of hydrogen-bond donors (Lipinski definition) is 1. The molecule has 0 saturated carbocycles. The van der Waals surface area contributed by atoms with Gasteiger partial charge >= 0.3 is 11.9 Å². The van der Waals surface area contributed by atoms with Crippen molar-refractivity contribution in [2.24, 2.45) is 5.41 Å². The Labute approximate surface area is 134 Å². The van der Waals surface area contributed by atoms with Gasteiger partial charge in [0.25, 0.3) is 0 Å². The van der Waals surface area contributed by atoms with Crippen molar-refractivity contribution in [1.29, 1.82) is 0 Å². The number of carbonyl (C=O) groups excluding carboxylic acids is 1. The number of hydrogen-bond acceptors (Lipinski definition) is 5. The fraction of sp³-hybridized carbons (Fsp3) is 0.467. The van der Waals surface area contributed by atoms with Gasteiger partial charge in [0.05, 0.1) is 23.8 Å². The second kappa shape index (κ2) is 6.29. The van der Waals surface area contributed by atoms with Crippen LogP contribution in [-0.4, -0.2) is 50.0 Å². The summed E-state index contributed by atoms with van der Waals surface area (Å²) in [6.45, 7) is 1.69. The highest BCUT2D eigenvalue weighted by Crippen LogP contribution is 2.32. The normalized spacial score (nSPS) is 22.0. The predicted octanol–water partition coefficient (Wildman–Crippen LogP) is 1.10. The molecule has 7 nitrogen and oxygen atoms in total. The van der Waals surface area contributed by atoms with Crippen LogP contribution < -0.4 is 0 Å². The molecule has 1 saturated heterocycles. The fourth-order valence-corrected chi connectivity index (χ4v) is 4.17. The number of benzene rings is 1. The van der Waals surface area contributed by atoms with Crippen LogP contribution in [0, 0.1) is 5.41 Å². The first-order valence-corrected chi connectivity index (χ1v) is 8.67. The third kappa shape index (κ3) is 3.70. The van der Waals surface area contributed by atoms with E-state index in [1.54, 1.807) is 25.1 Å². The van der Waals surface area contributed by atoms with E-state index in [9.17, 15) is 23.1 Å². The van der Waals surface area contributed by atoms with E-state index in [2.05, 4.69) is 4.74 Å². The molecule has 1 heterocycles. The number of carboxylic acid groups (broad SMARTS) is 1. The number of nitrogens with zero attached hydrogens (tertiary/aromatic N) is 1. The lowest BCUT2D eigenvalue weighted by molar-refractivity contribution is -0.146. The molecule has 8 heteroatoms. The zero-order valence-electron chi connectivity index (χ0n) is 13.0. The Bertz CT molecular complexity index is 729. The smallest absolute Gasteiger partial charge is 0.337 e. The van der Waals surface area contributed by atoms with E-state index in [0.29, 0.717) is 5.56 Å². The van der Waals surface area contributed by atoms with Gasteiger partial charge in [-0.3, -0.25) is 4.79 Å². The van der Waals surface area contributed by atoms with Gasteiger partial charge in [-0.1, -0.05) is 12.1 Å². The highest BCUT2D eigenvalue weighted by atomic mass is 32.2. The highest BCUT2D eigenvalue weighted by Gasteiger charge is 2.44. The number of carboxylic acids is 1. The summed E-state index contributed by atoms with van der Waals surface area (Å²) in [4.78, 5) is 22.7. The van der Waals surface area contributed by atoms with Gasteiger partial charge < -0.3 is 9.84 Å². The SMILES string of the molecule is COC(=O)c1cccc(CS(=O)(=O)N2CCC(C)(C(=O)O)C2)c1. The van der Waals surface area contributed by atoms with E-state index in [1.807, 2.05) is 0 Å². The van der Waals surface area contributed by atoms with Crippen LogP contribution in [-0.2, 0) is 25.3 Å². The number of carbonyl (C=O) groups is 2. The molecule has 0 spiro atoms. The Morgan fingerprint density at radius 3 is 2.65 bits per heavy atom. The van der Waals surface area contributed by atoms with E-state index in [0.717, 1.165) is 0 Å². The van der Waals surface area contributed by atoms with E-state index >= 15 is 0 Å². The summed E-state index contributed by atoms with van der Waals surface area (Å²) in [7, 11) is -2.40. The maximum absolute atomic E-state index is 12.5. The molecule has 1 aliphatic rings. The molecule has 1 fully saturated rings. The highest BCUT2D eigenvalue weighted by molar-refractivity contribution is 7.88. The minimum absolute atomic E-state index is 0.0403. The standard InChI is InChI=1S/C15H19NO6S/c1-15(14(18)19)6-7-16(10-15)23(20,21)9-11-4-3-5-12(8-11)13(17)22-2/h3-5,8H,6-7,9-10H2,1-2H3,(H,18,19). The number of sulfonamides is 1. The molecule has 0 bridgehead atoms. The van der Waals surface area contributed by atoms with Gasteiger partial charge in [-0.25, -0.2) is 17.5 Å². The average molecular weight is 341 g/mol. The first kappa shape index (κ1) is 17.4. The maximum atomic E-state index is 12.5. The Morgan fingerprint density at radius 2 is 2.09 bits per heavy atom. The van der Waals surface area contributed by atoms with Crippen molar-refractivity contribution in [3.63, 3.8) is 0 Å². The van der Waals surface area contributed by atoms with Crippen LogP contribution in [0.2, 0.25) is 0 Å². The van der Waals surface area contributed by atoms with Crippen LogP contribution in [0.5, 0.6) is 0 Å². The number of ether oxygens (including phenoxy) is 1. The molecule has 0 amide bonds. The van der Waals surface area contributed by atoms with E-state index in [1.165, 1.54) is 17.5 Å². The molecule has 1 N–H and O–H groups in total. The zero-order chi connectivity index (χ0) is 17.3. The Morgan fingerprint density at radius 1 is 1.39 bits per heavy atom. The van der Waals surface area contributed by atoms with Gasteiger partial charge in [0.15, 0.2) is 0 Å².